The van der Waals surface area contributed by atoms with Crippen molar-refractivity contribution in [2.24, 2.45) is 23.7 Å². The van der Waals surface area contributed by atoms with Crippen LogP contribution in [-0.2, 0) is 0 Å². The van der Waals surface area contributed by atoms with Crippen LogP contribution in [0.2, 0.25) is 0 Å². The average molecular weight is 241 g/mol. The van der Waals surface area contributed by atoms with Gasteiger partial charge in [0.2, 0.25) is 0 Å². The van der Waals surface area contributed by atoms with Gasteiger partial charge >= 0.3 is 0 Å². The Balaban J connectivity index is 1.67. The van der Waals surface area contributed by atoms with Crippen molar-refractivity contribution in [2.45, 2.75) is 44.6 Å². The maximum atomic E-state index is 8.93. The molecule has 0 unspecified atom stereocenters. The second-order valence-corrected chi connectivity index (χ2v) is 6.24. The van der Waals surface area contributed by atoms with Gasteiger partial charge in [-0.1, -0.05) is 0 Å². The van der Waals surface area contributed by atoms with E-state index in [0.29, 0.717) is 11.6 Å². The van der Waals surface area contributed by atoms with Gasteiger partial charge in [0.15, 0.2) is 0 Å². The lowest BCUT2D eigenvalue weighted by molar-refractivity contribution is -0.00894. The molecule has 0 spiro atoms. The van der Waals surface area contributed by atoms with Crippen molar-refractivity contribution in [2.75, 3.05) is 0 Å². The molecule has 18 heavy (non-hydrogen) atoms. The summed E-state index contributed by atoms with van der Waals surface area (Å²) in [6, 6.07) is 4.70. The quantitative estimate of drug-likeness (QED) is 0.773. The normalized spacial score (nSPS) is 41.2. The maximum absolute atomic E-state index is 8.93. The van der Waals surface area contributed by atoms with Gasteiger partial charge in [0.05, 0.1) is 24.1 Å². The zero-order valence-electron chi connectivity index (χ0n) is 10.6. The van der Waals surface area contributed by atoms with Crippen molar-refractivity contribution in [3.63, 3.8) is 0 Å². The molecular formula is C15H19N3. The largest absolute Gasteiger partial charge is 0.387 e. The highest BCUT2D eigenvalue weighted by Crippen LogP contribution is 2.53. The minimum Gasteiger partial charge on any atom is -0.387 e. The van der Waals surface area contributed by atoms with Crippen LogP contribution in [0.3, 0.4) is 0 Å². The molecule has 94 valence electrons. The van der Waals surface area contributed by atoms with Crippen molar-refractivity contribution in [3.8, 4) is 12.1 Å². The average Bonchev–Trinajstić information content (AvgIpc) is 2.35. The van der Waals surface area contributed by atoms with E-state index in [1.165, 1.54) is 32.1 Å². The minimum atomic E-state index is 0.219. The van der Waals surface area contributed by atoms with Crippen molar-refractivity contribution in [3.05, 3.63) is 11.8 Å². The SMILES string of the molecule is N#CC/C(C#N)=C/NC1C2CC3CC(C2)CC1C3. The molecule has 4 saturated carbocycles. The van der Waals surface area contributed by atoms with Crippen molar-refractivity contribution >= 4 is 0 Å². The molecule has 4 aliphatic rings. The zero-order chi connectivity index (χ0) is 12.5. The third-order valence-electron chi connectivity index (χ3n) is 5.09. The Morgan fingerprint density at radius 3 is 2.17 bits per heavy atom. The Kier molecular flexibility index (Phi) is 3.00. The van der Waals surface area contributed by atoms with Gasteiger partial charge < -0.3 is 5.32 Å². The molecule has 3 heteroatoms. The van der Waals surface area contributed by atoms with Gasteiger partial charge in [-0.2, -0.15) is 10.5 Å². The van der Waals surface area contributed by atoms with Gasteiger partial charge in [0, 0.05) is 12.2 Å². The van der Waals surface area contributed by atoms with Crippen LogP contribution in [0, 0.1) is 46.3 Å². The number of hydrogen-bond donors (Lipinski definition) is 1. The molecule has 0 aromatic heterocycles. The van der Waals surface area contributed by atoms with E-state index < -0.39 is 0 Å². The van der Waals surface area contributed by atoms with Crippen molar-refractivity contribution < 1.29 is 0 Å². The molecule has 1 N–H and O–H groups in total. The Hall–Kier alpha value is -1.48. The van der Waals surface area contributed by atoms with Crippen LogP contribution in [0.15, 0.2) is 11.8 Å². The Morgan fingerprint density at radius 2 is 1.67 bits per heavy atom. The first kappa shape index (κ1) is 11.6. The predicted molar refractivity (Wildman–Crippen MR) is 67.9 cm³/mol. The van der Waals surface area contributed by atoms with Crippen LogP contribution in [0.1, 0.15) is 38.5 Å². The molecule has 4 aliphatic carbocycles. The molecule has 4 bridgehead atoms. The standard InChI is InChI=1S/C15H19N3/c16-2-1-10(8-17)9-18-15-13-4-11-3-12(6-13)7-14(15)5-11/h9,11-15,18H,1,3-7H2/b10-9-. The Morgan fingerprint density at radius 1 is 1.06 bits per heavy atom. The first-order valence-electron chi connectivity index (χ1n) is 7.02. The van der Waals surface area contributed by atoms with E-state index in [2.05, 4.69) is 11.4 Å². The molecule has 0 aliphatic heterocycles. The second-order valence-electron chi connectivity index (χ2n) is 6.24. The smallest absolute Gasteiger partial charge is 0.0973 e. The third-order valence-corrected chi connectivity index (χ3v) is 5.09. The summed E-state index contributed by atoms with van der Waals surface area (Å²) in [7, 11) is 0. The molecular weight excluding hydrogens is 222 g/mol. The first-order valence-corrected chi connectivity index (χ1v) is 7.02. The number of allylic oxidation sites excluding steroid dienone is 1. The highest BCUT2D eigenvalue weighted by molar-refractivity contribution is 5.23. The number of hydrogen-bond acceptors (Lipinski definition) is 3. The van der Waals surface area contributed by atoms with E-state index in [0.717, 1.165) is 23.7 Å². The summed E-state index contributed by atoms with van der Waals surface area (Å²) >= 11 is 0. The van der Waals surface area contributed by atoms with E-state index in [4.69, 9.17) is 10.5 Å². The molecule has 0 radical (unpaired) electrons. The molecule has 0 saturated heterocycles. The van der Waals surface area contributed by atoms with Gasteiger partial charge in [-0.15, -0.1) is 0 Å². The van der Waals surface area contributed by atoms with E-state index in [9.17, 15) is 0 Å². The summed E-state index contributed by atoms with van der Waals surface area (Å²) < 4.78 is 0. The van der Waals surface area contributed by atoms with E-state index in [-0.39, 0.29) is 6.42 Å². The second kappa shape index (κ2) is 4.65. The summed E-state index contributed by atoms with van der Waals surface area (Å²) in [6.07, 6.45) is 8.98. The van der Waals surface area contributed by atoms with Crippen LogP contribution in [0.5, 0.6) is 0 Å². The van der Waals surface area contributed by atoms with Crippen LogP contribution in [0.4, 0.5) is 0 Å². The van der Waals surface area contributed by atoms with Crippen LogP contribution < -0.4 is 5.32 Å². The summed E-state index contributed by atoms with van der Waals surface area (Å²) in [5.41, 5.74) is 0.561. The van der Waals surface area contributed by atoms with E-state index in [1.54, 1.807) is 6.20 Å². The van der Waals surface area contributed by atoms with Gasteiger partial charge in [-0.05, 0) is 55.8 Å². The summed E-state index contributed by atoms with van der Waals surface area (Å²) in [5.74, 6) is 3.56. The number of nitrogens with zero attached hydrogens (tertiary/aromatic N) is 2. The summed E-state index contributed by atoms with van der Waals surface area (Å²) in [6.45, 7) is 0. The minimum absolute atomic E-state index is 0.219. The fourth-order valence-corrected chi connectivity index (χ4v) is 4.60. The molecule has 0 atom stereocenters. The molecule has 0 heterocycles. The van der Waals surface area contributed by atoms with Crippen molar-refractivity contribution in [1.29, 1.82) is 10.5 Å². The first-order chi connectivity index (χ1) is 8.80. The molecule has 0 amide bonds. The van der Waals surface area contributed by atoms with E-state index in [1.807, 2.05) is 6.07 Å². The summed E-state index contributed by atoms with van der Waals surface area (Å²) in [4.78, 5) is 0. The fourth-order valence-electron chi connectivity index (χ4n) is 4.60. The highest BCUT2D eigenvalue weighted by Gasteiger charge is 2.47. The number of nitrogens with one attached hydrogen (secondary N) is 1. The molecule has 3 nitrogen and oxygen atoms in total. The summed E-state index contributed by atoms with van der Waals surface area (Å²) in [5, 5.41) is 21.0. The van der Waals surface area contributed by atoms with Crippen LogP contribution in [-0.4, -0.2) is 6.04 Å². The lowest BCUT2D eigenvalue weighted by atomic mass is 9.54. The number of nitriles is 2. The lowest BCUT2D eigenvalue weighted by Gasteiger charge is -2.54. The predicted octanol–water partition coefficient (Wildman–Crippen LogP) is 2.72. The lowest BCUT2D eigenvalue weighted by Crippen LogP contribution is -2.53. The van der Waals surface area contributed by atoms with Crippen LogP contribution in [0.25, 0.3) is 0 Å². The van der Waals surface area contributed by atoms with Gasteiger partial charge in [0.1, 0.15) is 0 Å². The molecule has 4 fully saturated rings. The Labute approximate surface area is 108 Å². The maximum Gasteiger partial charge on any atom is 0.0973 e. The monoisotopic (exact) mass is 241 g/mol. The van der Waals surface area contributed by atoms with Crippen molar-refractivity contribution in [1.82, 2.24) is 5.32 Å². The van der Waals surface area contributed by atoms with Crippen LogP contribution >= 0.6 is 0 Å². The van der Waals surface area contributed by atoms with Gasteiger partial charge in [-0.25, -0.2) is 0 Å². The topological polar surface area (TPSA) is 59.6 Å². The molecule has 0 aromatic rings. The Bertz CT molecular complexity index is 410. The fraction of sp³-hybridized carbons (Fsp3) is 0.733. The molecule has 0 aromatic carbocycles. The van der Waals surface area contributed by atoms with Gasteiger partial charge in [-0.3, -0.25) is 0 Å². The molecule has 4 rings (SSSR count). The van der Waals surface area contributed by atoms with E-state index >= 15 is 0 Å². The third kappa shape index (κ3) is 1.99. The zero-order valence-corrected chi connectivity index (χ0v) is 10.6. The highest BCUT2D eigenvalue weighted by atomic mass is 14.9. The van der Waals surface area contributed by atoms with Gasteiger partial charge in [0.25, 0.3) is 0 Å². The number of rotatable bonds is 3.